The van der Waals surface area contributed by atoms with Gasteiger partial charge in [-0.25, -0.2) is 0 Å². The van der Waals surface area contributed by atoms with Crippen LogP contribution in [0.4, 0.5) is 0 Å². The summed E-state index contributed by atoms with van der Waals surface area (Å²) in [5.41, 5.74) is 1.27. The molecule has 1 saturated heterocycles. The average molecular weight is 241 g/mol. The van der Waals surface area contributed by atoms with Gasteiger partial charge < -0.3 is 4.90 Å². The molecule has 2 aliphatic rings. The van der Waals surface area contributed by atoms with E-state index in [1.54, 1.807) is 0 Å². The lowest BCUT2D eigenvalue weighted by atomic mass is 9.61. The van der Waals surface area contributed by atoms with Crippen molar-refractivity contribution >= 4 is 5.91 Å². The minimum absolute atomic E-state index is 0.0369. The molecule has 0 bridgehead atoms. The molecule has 1 aromatic carbocycles. The molecule has 0 unspecified atom stereocenters. The Balaban J connectivity index is 2.02. The van der Waals surface area contributed by atoms with Gasteiger partial charge in [0, 0.05) is 12.5 Å². The van der Waals surface area contributed by atoms with Gasteiger partial charge in [-0.1, -0.05) is 49.8 Å². The smallest absolute Gasteiger partial charge is 0.246 e. The number of likely N-dealkylation sites (tertiary alicyclic amines) is 1. The van der Waals surface area contributed by atoms with E-state index in [4.69, 9.17) is 0 Å². The summed E-state index contributed by atoms with van der Waals surface area (Å²) in [6.07, 6.45) is 6.31. The standard InChI is InChI=1S/C16H19NO/c1-2-15(18)17-12-14-10-6-7-11-16(14,17)13-8-4-3-5-9-13/h2-5,8-9,14H,1,6-7,10-12H2/t14-,16-/m1/s1. The topological polar surface area (TPSA) is 20.3 Å². The molecule has 1 saturated carbocycles. The summed E-state index contributed by atoms with van der Waals surface area (Å²) in [7, 11) is 0. The Hall–Kier alpha value is -1.57. The lowest BCUT2D eigenvalue weighted by molar-refractivity contribution is -0.161. The first-order valence-corrected chi connectivity index (χ1v) is 6.78. The highest BCUT2D eigenvalue weighted by Gasteiger charge is 2.56. The monoisotopic (exact) mass is 241 g/mol. The van der Waals surface area contributed by atoms with Crippen LogP contribution in [0, 0.1) is 5.92 Å². The number of rotatable bonds is 2. The summed E-state index contributed by atoms with van der Waals surface area (Å²) in [5.74, 6) is 0.717. The Kier molecular flexibility index (Phi) is 2.73. The van der Waals surface area contributed by atoms with Crippen LogP contribution in [-0.4, -0.2) is 17.4 Å². The molecule has 0 radical (unpaired) electrons. The summed E-state index contributed by atoms with van der Waals surface area (Å²) in [6.45, 7) is 4.54. The molecule has 3 rings (SSSR count). The van der Waals surface area contributed by atoms with E-state index in [0.29, 0.717) is 5.92 Å². The fourth-order valence-corrected chi connectivity index (χ4v) is 3.76. The van der Waals surface area contributed by atoms with Gasteiger partial charge in [-0.2, -0.15) is 0 Å². The summed E-state index contributed by atoms with van der Waals surface area (Å²) in [6, 6.07) is 10.5. The van der Waals surface area contributed by atoms with Gasteiger partial charge in [0.1, 0.15) is 0 Å². The van der Waals surface area contributed by atoms with E-state index in [-0.39, 0.29) is 11.4 Å². The molecular weight excluding hydrogens is 222 g/mol. The van der Waals surface area contributed by atoms with Crippen LogP contribution in [0.5, 0.6) is 0 Å². The number of hydrogen-bond acceptors (Lipinski definition) is 1. The molecule has 2 fully saturated rings. The molecule has 2 nitrogen and oxygen atoms in total. The van der Waals surface area contributed by atoms with E-state index in [0.717, 1.165) is 13.0 Å². The number of fused-ring (bicyclic) bond motifs is 1. The van der Waals surface area contributed by atoms with Crippen molar-refractivity contribution in [1.82, 2.24) is 4.90 Å². The Morgan fingerprint density at radius 2 is 2.11 bits per heavy atom. The summed E-state index contributed by atoms with van der Waals surface area (Å²) >= 11 is 0. The van der Waals surface area contributed by atoms with Crippen molar-refractivity contribution in [2.45, 2.75) is 31.2 Å². The molecule has 1 aromatic rings. The third-order valence-electron chi connectivity index (χ3n) is 4.63. The van der Waals surface area contributed by atoms with Crippen molar-refractivity contribution in [2.24, 2.45) is 5.92 Å². The molecule has 0 N–H and O–H groups in total. The second kappa shape index (κ2) is 4.27. The Bertz CT molecular complexity index is 467. The van der Waals surface area contributed by atoms with Crippen molar-refractivity contribution < 1.29 is 4.79 Å². The average Bonchev–Trinajstić information content (AvgIpc) is 2.41. The van der Waals surface area contributed by atoms with Crippen molar-refractivity contribution in [1.29, 1.82) is 0 Å². The highest BCUT2D eigenvalue weighted by atomic mass is 16.2. The Morgan fingerprint density at radius 3 is 2.78 bits per heavy atom. The molecule has 1 heterocycles. The minimum atomic E-state index is -0.0369. The normalized spacial score (nSPS) is 30.2. The van der Waals surface area contributed by atoms with Crippen LogP contribution in [0.2, 0.25) is 0 Å². The van der Waals surface area contributed by atoms with E-state index >= 15 is 0 Å². The van der Waals surface area contributed by atoms with Crippen molar-refractivity contribution in [3.63, 3.8) is 0 Å². The fraction of sp³-hybridized carbons (Fsp3) is 0.438. The van der Waals surface area contributed by atoms with Crippen molar-refractivity contribution in [3.05, 3.63) is 48.6 Å². The van der Waals surface area contributed by atoms with Gasteiger partial charge in [-0.3, -0.25) is 4.79 Å². The number of carbonyl (C=O) groups excluding carboxylic acids is 1. The predicted octanol–water partition coefficient (Wildman–Crippen LogP) is 3.10. The first kappa shape index (κ1) is 11.5. The lowest BCUT2D eigenvalue weighted by Crippen LogP contribution is -2.67. The molecular formula is C16H19NO. The SMILES string of the molecule is C=CC(=O)N1C[C@H]2CCCC[C@@]21c1ccccc1. The van der Waals surface area contributed by atoms with Crippen LogP contribution in [0.1, 0.15) is 31.2 Å². The molecule has 0 aromatic heterocycles. The largest absolute Gasteiger partial charge is 0.329 e. The first-order chi connectivity index (χ1) is 8.79. The predicted molar refractivity (Wildman–Crippen MR) is 72.0 cm³/mol. The molecule has 0 spiro atoms. The first-order valence-electron chi connectivity index (χ1n) is 6.78. The van der Waals surface area contributed by atoms with Crippen LogP contribution < -0.4 is 0 Å². The number of benzene rings is 1. The summed E-state index contributed by atoms with van der Waals surface area (Å²) in [5, 5.41) is 0. The van der Waals surface area contributed by atoms with E-state index in [2.05, 4.69) is 30.8 Å². The van der Waals surface area contributed by atoms with Gasteiger partial charge in [-0.05, 0) is 24.5 Å². The van der Waals surface area contributed by atoms with Crippen LogP contribution in [0.3, 0.4) is 0 Å². The molecule has 94 valence electrons. The minimum Gasteiger partial charge on any atom is -0.329 e. The number of nitrogens with zero attached hydrogens (tertiary/aromatic N) is 1. The van der Waals surface area contributed by atoms with Gasteiger partial charge in [0.2, 0.25) is 5.91 Å². The number of amides is 1. The highest BCUT2D eigenvalue weighted by Crippen LogP contribution is 2.53. The Morgan fingerprint density at radius 1 is 1.33 bits per heavy atom. The van der Waals surface area contributed by atoms with Crippen LogP contribution >= 0.6 is 0 Å². The van der Waals surface area contributed by atoms with E-state index in [1.165, 1.54) is 30.9 Å². The maximum absolute atomic E-state index is 12.0. The zero-order chi connectivity index (χ0) is 12.6. The quantitative estimate of drug-likeness (QED) is 0.729. The second-order valence-corrected chi connectivity index (χ2v) is 5.39. The summed E-state index contributed by atoms with van der Waals surface area (Å²) in [4.78, 5) is 14.1. The molecule has 2 heteroatoms. The molecule has 1 aliphatic carbocycles. The zero-order valence-corrected chi connectivity index (χ0v) is 10.6. The zero-order valence-electron chi connectivity index (χ0n) is 10.6. The van der Waals surface area contributed by atoms with Gasteiger partial charge in [0.15, 0.2) is 0 Å². The molecule has 18 heavy (non-hydrogen) atoms. The van der Waals surface area contributed by atoms with Gasteiger partial charge in [0.05, 0.1) is 5.54 Å². The lowest BCUT2D eigenvalue weighted by Gasteiger charge is -2.61. The molecule has 2 atom stereocenters. The third kappa shape index (κ3) is 1.45. The van der Waals surface area contributed by atoms with Crippen LogP contribution in [0.25, 0.3) is 0 Å². The van der Waals surface area contributed by atoms with E-state index in [9.17, 15) is 4.79 Å². The van der Waals surface area contributed by atoms with Crippen molar-refractivity contribution in [2.75, 3.05) is 6.54 Å². The van der Waals surface area contributed by atoms with E-state index in [1.807, 2.05) is 11.0 Å². The van der Waals surface area contributed by atoms with Crippen LogP contribution in [0.15, 0.2) is 43.0 Å². The van der Waals surface area contributed by atoms with Crippen LogP contribution in [-0.2, 0) is 10.3 Å². The molecule has 1 aliphatic heterocycles. The van der Waals surface area contributed by atoms with Gasteiger partial charge in [0.25, 0.3) is 0 Å². The second-order valence-electron chi connectivity index (χ2n) is 5.39. The highest BCUT2D eigenvalue weighted by molar-refractivity contribution is 5.88. The molecule has 1 amide bonds. The van der Waals surface area contributed by atoms with Gasteiger partial charge in [-0.15, -0.1) is 0 Å². The maximum atomic E-state index is 12.0. The van der Waals surface area contributed by atoms with E-state index < -0.39 is 0 Å². The number of carbonyl (C=O) groups is 1. The van der Waals surface area contributed by atoms with Crippen molar-refractivity contribution in [3.8, 4) is 0 Å². The van der Waals surface area contributed by atoms with Gasteiger partial charge >= 0.3 is 0 Å². The maximum Gasteiger partial charge on any atom is 0.246 e. The fourth-order valence-electron chi connectivity index (χ4n) is 3.76. The third-order valence-corrected chi connectivity index (χ3v) is 4.63. The number of hydrogen-bond donors (Lipinski definition) is 0. The Labute approximate surface area is 108 Å². The summed E-state index contributed by atoms with van der Waals surface area (Å²) < 4.78 is 0.